The second kappa shape index (κ2) is 12.6. The molecule has 2 aromatic carbocycles. The van der Waals surface area contributed by atoms with Gasteiger partial charge in [0.2, 0.25) is 5.95 Å². The quantitative estimate of drug-likeness (QED) is 0.230. The smallest absolute Gasteiger partial charge is 0.322 e. The summed E-state index contributed by atoms with van der Waals surface area (Å²) in [6.45, 7) is 0.454. The molecule has 0 unspecified atom stereocenters. The Morgan fingerprint density at radius 1 is 1.05 bits per heavy atom. The lowest BCUT2D eigenvalue weighted by Gasteiger charge is -2.37. The number of H-pyrrole nitrogens is 1. The highest BCUT2D eigenvalue weighted by atomic mass is 16.2. The van der Waals surface area contributed by atoms with Crippen LogP contribution in [0.1, 0.15) is 36.8 Å². The molecule has 2 amide bonds. The number of nitriles is 1. The molecule has 0 saturated heterocycles. The largest absolute Gasteiger partial charge is 0.351 e. The van der Waals surface area contributed by atoms with Gasteiger partial charge in [-0.1, -0.05) is 42.5 Å². The molecule has 3 aromatic heterocycles. The van der Waals surface area contributed by atoms with E-state index < -0.39 is 0 Å². The normalized spacial score (nSPS) is 16.3. The van der Waals surface area contributed by atoms with Crippen molar-refractivity contribution in [3.05, 3.63) is 96.6 Å². The molecule has 0 spiro atoms. The van der Waals surface area contributed by atoms with Crippen LogP contribution in [0, 0.1) is 11.3 Å². The SMILES string of the molecule is Cn1cc(-c2ccc(N(C(=O)NCc3ccccc3)C3CCC(Nc4ncc(C#N)c(-c5cc[nH]n5)n4)CC3)cc2)cn1. The molecule has 0 atom stereocenters. The first-order chi connectivity index (χ1) is 21.1. The summed E-state index contributed by atoms with van der Waals surface area (Å²) >= 11 is 0. The molecule has 1 aliphatic rings. The monoisotopic (exact) mass is 572 g/mol. The Hall–Kier alpha value is -5.50. The maximum atomic E-state index is 13.7. The van der Waals surface area contributed by atoms with Gasteiger partial charge >= 0.3 is 6.03 Å². The third kappa shape index (κ3) is 6.38. The summed E-state index contributed by atoms with van der Waals surface area (Å²) in [5.74, 6) is 0.462. The van der Waals surface area contributed by atoms with E-state index in [1.807, 2.05) is 78.9 Å². The Labute approximate surface area is 249 Å². The van der Waals surface area contributed by atoms with Gasteiger partial charge in [-0.25, -0.2) is 14.8 Å². The first-order valence-corrected chi connectivity index (χ1v) is 14.3. The number of benzene rings is 2. The van der Waals surface area contributed by atoms with Crippen LogP contribution in [0.15, 0.2) is 85.5 Å². The number of hydrogen-bond acceptors (Lipinski definition) is 7. The molecular weight excluding hydrogens is 540 g/mol. The second-order valence-corrected chi connectivity index (χ2v) is 10.6. The Morgan fingerprint density at radius 2 is 1.84 bits per heavy atom. The summed E-state index contributed by atoms with van der Waals surface area (Å²) in [5.41, 5.74) is 5.43. The number of carbonyl (C=O) groups excluding carboxylic acids is 1. The van der Waals surface area contributed by atoms with Gasteiger partial charge in [0.25, 0.3) is 0 Å². The zero-order valence-electron chi connectivity index (χ0n) is 23.8. The fourth-order valence-electron chi connectivity index (χ4n) is 5.52. The van der Waals surface area contributed by atoms with Gasteiger partial charge in [0, 0.05) is 49.3 Å². The molecule has 216 valence electrons. The Bertz CT molecular complexity index is 1700. The van der Waals surface area contributed by atoms with E-state index >= 15 is 0 Å². The van der Waals surface area contributed by atoms with Gasteiger partial charge in [-0.05, 0) is 55.0 Å². The van der Waals surface area contributed by atoms with Crippen molar-refractivity contribution in [3.63, 3.8) is 0 Å². The van der Waals surface area contributed by atoms with Gasteiger partial charge in [-0.15, -0.1) is 0 Å². The molecule has 11 heteroatoms. The summed E-state index contributed by atoms with van der Waals surface area (Å²) < 4.78 is 1.78. The van der Waals surface area contributed by atoms with Gasteiger partial charge < -0.3 is 10.6 Å². The van der Waals surface area contributed by atoms with E-state index in [1.165, 1.54) is 6.20 Å². The number of rotatable bonds is 8. The predicted molar refractivity (Wildman–Crippen MR) is 164 cm³/mol. The molecule has 11 nitrogen and oxygen atoms in total. The number of nitrogens with zero attached hydrogens (tertiary/aromatic N) is 7. The number of aromatic amines is 1. The second-order valence-electron chi connectivity index (χ2n) is 10.6. The average molecular weight is 573 g/mol. The lowest BCUT2D eigenvalue weighted by atomic mass is 9.90. The molecule has 5 aromatic rings. The number of urea groups is 1. The molecule has 1 aliphatic carbocycles. The minimum atomic E-state index is -0.117. The fourth-order valence-corrected chi connectivity index (χ4v) is 5.52. The van der Waals surface area contributed by atoms with Crippen LogP contribution in [0.25, 0.3) is 22.5 Å². The molecule has 1 fully saturated rings. The Kier molecular flexibility index (Phi) is 8.08. The fraction of sp³-hybridized carbons (Fsp3) is 0.250. The maximum absolute atomic E-state index is 13.7. The molecule has 3 N–H and O–H groups in total. The number of nitrogens with one attached hydrogen (secondary N) is 3. The summed E-state index contributed by atoms with van der Waals surface area (Å²) in [6.07, 6.45) is 10.3. The number of aromatic nitrogens is 6. The van der Waals surface area contributed by atoms with Crippen molar-refractivity contribution < 1.29 is 4.79 Å². The number of amides is 2. The number of anilines is 2. The van der Waals surface area contributed by atoms with Gasteiger partial charge in [0.1, 0.15) is 17.5 Å². The van der Waals surface area contributed by atoms with Gasteiger partial charge in [-0.3, -0.25) is 14.7 Å². The van der Waals surface area contributed by atoms with Crippen LogP contribution < -0.4 is 15.5 Å². The first kappa shape index (κ1) is 27.7. The zero-order chi connectivity index (χ0) is 29.6. The standard InChI is InChI=1S/C32H32N10O/c1-41-21-25(20-37-41)23-7-11-27(12-8-23)42(32(43)35-18-22-5-3-2-4-6-22)28-13-9-26(10-14-28)38-31-34-19-24(17-33)30(39-31)29-15-16-36-40-29/h2-8,11-12,15-16,19-21,26,28H,9-10,13-14,18H2,1H3,(H,35,43)(H,36,40)(H,34,38,39). The van der Waals surface area contributed by atoms with Crippen LogP contribution in [0.3, 0.4) is 0 Å². The van der Waals surface area contributed by atoms with Crippen LogP contribution in [0.2, 0.25) is 0 Å². The lowest BCUT2D eigenvalue weighted by Crippen LogP contribution is -2.48. The molecule has 0 bridgehead atoms. The predicted octanol–water partition coefficient (Wildman–Crippen LogP) is 5.28. The Morgan fingerprint density at radius 3 is 2.51 bits per heavy atom. The summed E-state index contributed by atoms with van der Waals surface area (Å²) in [4.78, 5) is 24.6. The third-order valence-corrected chi connectivity index (χ3v) is 7.74. The zero-order valence-corrected chi connectivity index (χ0v) is 23.8. The van der Waals surface area contributed by atoms with Crippen molar-refractivity contribution in [2.24, 2.45) is 7.05 Å². The Balaban J connectivity index is 1.16. The highest BCUT2D eigenvalue weighted by molar-refractivity contribution is 5.93. The van der Waals surface area contributed by atoms with Crippen LogP contribution in [0.5, 0.6) is 0 Å². The van der Waals surface area contributed by atoms with Crippen molar-refractivity contribution >= 4 is 17.7 Å². The lowest BCUT2D eigenvalue weighted by molar-refractivity contribution is 0.240. The highest BCUT2D eigenvalue weighted by Crippen LogP contribution is 2.31. The molecule has 0 aliphatic heterocycles. The number of aryl methyl sites for hydroxylation is 1. The number of hydrogen-bond donors (Lipinski definition) is 3. The van der Waals surface area contributed by atoms with Gasteiger partial charge in [-0.2, -0.15) is 15.5 Å². The van der Waals surface area contributed by atoms with Crippen molar-refractivity contribution in [3.8, 4) is 28.6 Å². The molecule has 43 heavy (non-hydrogen) atoms. The van der Waals surface area contributed by atoms with E-state index in [0.29, 0.717) is 29.4 Å². The summed E-state index contributed by atoms with van der Waals surface area (Å²) in [5, 5.41) is 27.3. The molecule has 1 saturated carbocycles. The van der Waals surface area contributed by atoms with E-state index in [1.54, 1.807) is 16.9 Å². The van der Waals surface area contributed by atoms with Crippen molar-refractivity contribution in [2.45, 2.75) is 44.3 Å². The van der Waals surface area contributed by atoms with E-state index in [4.69, 9.17) is 0 Å². The average Bonchev–Trinajstić information content (AvgIpc) is 3.74. The highest BCUT2D eigenvalue weighted by Gasteiger charge is 2.30. The summed E-state index contributed by atoms with van der Waals surface area (Å²) in [7, 11) is 1.90. The van der Waals surface area contributed by atoms with E-state index in [0.717, 1.165) is 48.1 Å². The van der Waals surface area contributed by atoms with Crippen LogP contribution in [-0.4, -0.2) is 48.1 Å². The first-order valence-electron chi connectivity index (χ1n) is 14.3. The van der Waals surface area contributed by atoms with Crippen LogP contribution >= 0.6 is 0 Å². The van der Waals surface area contributed by atoms with Gasteiger partial charge in [0.05, 0.1) is 18.0 Å². The maximum Gasteiger partial charge on any atom is 0.322 e. The minimum absolute atomic E-state index is 0.0274. The third-order valence-electron chi connectivity index (χ3n) is 7.74. The molecule has 3 heterocycles. The topological polar surface area (TPSA) is 140 Å². The molecule has 6 rings (SSSR count). The van der Waals surface area contributed by atoms with E-state index in [-0.39, 0.29) is 18.1 Å². The van der Waals surface area contributed by atoms with E-state index in [2.05, 4.69) is 42.0 Å². The summed E-state index contributed by atoms with van der Waals surface area (Å²) in [6, 6.07) is 22.0. The van der Waals surface area contributed by atoms with Gasteiger partial charge in [0.15, 0.2) is 0 Å². The minimum Gasteiger partial charge on any atom is -0.351 e. The van der Waals surface area contributed by atoms with Crippen LogP contribution in [-0.2, 0) is 13.6 Å². The molecular formula is C32H32N10O. The van der Waals surface area contributed by atoms with Crippen molar-refractivity contribution in [1.82, 2.24) is 35.3 Å². The van der Waals surface area contributed by atoms with Crippen molar-refractivity contribution in [2.75, 3.05) is 10.2 Å². The van der Waals surface area contributed by atoms with Crippen LogP contribution in [0.4, 0.5) is 16.4 Å². The number of carbonyl (C=O) groups is 1. The van der Waals surface area contributed by atoms with Crippen molar-refractivity contribution in [1.29, 1.82) is 5.26 Å². The van der Waals surface area contributed by atoms with E-state index in [9.17, 15) is 10.1 Å². The molecule has 0 radical (unpaired) electrons.